The van der Waals surface area contributed by atoms with Crippen molar-refractivity contribution in [1.82, 2.24) is 9.80 Å². The van der Waals surface area contributed by atoms with Gasteiger partial charge in [0.25, 0.3) is 0 Å². The van der Waals surface area contributed by atoms with E-state index in [-0.39, 0.29) is 50.8 Å². The van der Waals surface area contributed by atoms with Gasteiger partial charge in [0.1, 0.15) is 13.2 Å². The van der Waals surface area contributed by atoms with E-state index in [0.717, 1.165) is 116 Å². The summed E-state index contributed by atoms with van der Waals surface area (Å²) < 4.78 is 23.0. The summed E-state index contributed by atoms with van der Waals surface area (Å²) in [5.41, 5.74) is 0. The molecular weight excluding hydrogens is 733 g/mol. The normalized spacial score (nSPS) is 15.6. The van der Waals surface area contributed by atoms with Gasteiger partial charge < -0.3 is 28.7 Å². The van der Waals surface area contributed by atoms with Crippen LogP contribution < -0.4 is 0 Å². The Morgan fingerprint density at radius 2 is 0.759 bits per heavy atom. The van der Waals surface area contributed by atoms with Crippen LogP contribution in [0.25, 0.3) is 0 Å². The maximum atomic E-state index is 13.0. The van der Waals surface area contributed by atoms with E-state index >= 15 is 0 Å². The molecule has 2 heterocycles. The molecule has 2 aliphatic rings. The molecule has 2 aliphatic heterocycles. The molecule has 0 aliphatic carbocycles. The van der Waals surface area contributed by atoms with Crippen LogP contribution in [0.5, 0.6) is 0 Å². The molecule has 0 saturated carbocycles. The second-order valence-electron chi connectivity index (χ2n) is 16.6. The number of carbonyl (C=O) groups excluding carboxylic acids is 4. The highest BCUT2D eigenvalue weighted by atomic mass is 16.6. The Morgan fingerprint density at radius 3 is 1.09 bits per heavy atom. The van der Waals surface area contributed by atoms with Crippen LogP contribution in [0.1, 0.15) is 194 Å². The van der Waals surface area contributed by atoms with Crippen LogP contribution in [0.15, 0.2) is 24.3 Å². The van der Waals surface area contributed by atoms with Gasteiger partial charge in [-0.05, 0) is 103 Å². The lowest BCUT2D eigenvalue weighted by atomic mass is 10.1. The minimum absolute atomic E-state index is 0.171. The molecular formula is C48H84N2O8. The van der Waals surface area contributed by atoms with E-state index in [1.54, 1.807) is 0 Å². The maximum absolute atomic E-state index is 13.0. The Hall–Kier alpha value is -2.72. The Morgan fingerprint density at radius 1 is 0.431 bits per heavy atom. The van der Waals surface area contributed by atoms with Gasteiger partial charge in [0.15, 0.2) is 12.2 Å². The lowest BCUT2D eigenvalue weighted by molar-refractivity contribution is -0.183. The Bertz CT molecular complexity index is 1030. The Balaban J connectivity index is 1.82. The van der Waals surface area contributed by atoms with Gasteiger partial charge in [-0.3, -0.25) is 19.2 Å². The SMILES string of the molecule is CCCCCC/C=C\CCCCCCCC(=O)OC[C@H](OC(=O)CCN1CCC1)[C@@H](COC(=O)CCCCCCC/C=C\CCCCCC)OC(=O)CCN1CCC1. The fourth-order valence-electron chi connectivity index (χ4n) is 7.07. The highest BCUT2D eigenvalue weighted by Crippen LogP contribution is 2.16. The molecule has 0 amide bonds. The lowest BCUT2D eigenvalue weighted by Crippen LogP contribution is -2.44. The molecule has 58 heavy (non-hydrogen) atoms. The molecule has 2 atom stereocenters. The summed E-state index contributed by atoms with van der Waals surface area (Å²) in [7, 11) is 0. The van der Waals surface area contributed by atoms with Gasteiger partial charge in [-0.15, -0.1) is 0 Å². The first-order chi connectivity index (χ1) is 28.4. The molecule has 2 saturated heterocycles. The number of hydrogen-bond donors (Lipinski definition) is 0. The fourth-order valence-corrected chi connectivity index (χ4v) is 7.07. The van der Waals surface area contributed by atoms with Gasteiger partial charge in [-0.1, -0.05) is 115 Å². The molecule has 2 fully saturated rings. The van der Waals surface area contributed by atoms with Crippen LogP contribution in [-0.4, -0.2) is 98.4 Å². The predicted octanol–water partition coefficient (Wildman–Crippen LogP) is 10.6. The number of carbonyl (C=O) groups is 4. The number of nitrogens with zero attached hydrogens (tertiary/aromatic N) is 2. The van der Waals surface area contributed by atoms with E-state index in [4.69, 9.17) is 18.9 Å². The summed E-state index contributed by atoms with van der Waals surface area (Å²) in [5, 5.41) is 0. The molecule has 0 unspecified atom stereocenters. The quantitative estimate of drug-likeness (QED) is 0.0257. The van der Waals surface area contributed by atoms with Crippen LogP contribution in [0, 0.1) is 0 Å². The van der Waals surface area contributed by atoms with Crippen LogP contribution >= 0.6 is 0 Å². The first kappa shape index (κ1) is 51.4. The number of rotatable bonds is 39. The van der Waals surface area contributed by atoms with E-state index in [9.17, 15) is 19.2 Å². The number of unbranched alkanes of at least 4 members (excludes halogenated alkanes) is 18. The van der Waals surface area contributed by atoms with E-state index in [1.807, 2.05) is 0 Å². The monoisotopic (exact) mass is 817 g/mol. The minimum Gasteiger partial charge on any atom is -0.462 e. The number of likely N-dealkylation sites (tertiary alicyclic amines) is 2. The van der Waals surface area contributed by atoms with Crippen LogP contribution in [0.2, 0.25) is 0 Å². The summed E-state index contributed by atoms with van der Waals surface area (Å²) in [4.78, 5) is 56.1. The third-order valence-corrected chi connectivity index (χ3v) is 11.2. The number of ether oxygens (including phenoxy) is 4. The lowest BCUT2D eigenvalue weighted by Gasteiger charge is -2.31. The molecule has 0 bridgehead atoms. The predicted molar refractivity (Wildman–Crippen MR) is 233 cm³/mol. The maximum Gasteiger partial charge on any atom is 0.307 e. The molecule has 334 valence electrons. The zero-order chi connectivity index (χ0) is 41.7. The summed E-state index contributed by atoms with van der Waals surface area (Å²) >= 11 is 0. The van der Waals surface area contributed by atoms with Gasteiger partial charge in [0.05, 0.1) is 12.8 Å². The molecule has 0 spiro atoms. The molecule has 0 radical (unpaired) electrons. The largest absolute Gasteiger partial charge is 0.462 e. The first-order valence-electron chi connectivity index (χ1n) is 23.9. The van der Waals surface area contributed by atoms with Crippen molar-refractivity contribution in [3.05, 3.63) is 24.3 Å². The minimum atomic E-state index is -1.08. The van der Waals surface area contributed by atoms with Crippen molar-refractivity contribution in [2.45, 2.75) is 206 Å². The molecule has 10 heteroatoms. The highest BCUT2D eigenvalue weighted by Gasteiger charge is 2.32. The van der Waals surface area contributed by atoms with Crippen molar-refractivity contribution in [3.63, 3.8) is 0 Å². The van der Waals surface area contributed by atoms with Gasteiger partial charge in [-0.2, -0.15) is 0 Å². The second kappa shape index (κ2) is 36.2. The first-order valence-corrected chi connectivity index (χ1v) is 23.9. The smallest absolute Gasteiger partial charge is 0.307 e. The van der Waals surface area contributed by atoms with Crippen molar-refractivity contribution >= 4 is 23.9 Å². The van der Waals surface area contributed by atoms with Crippen molar-refractivity contribution in [3.8, 4) is 0 Å². The highest BCUT2D eigenvalue weighted by molar-refractivity contribution is 5.72. The van der Waals surface area contributed by atoms with E-state index < -0.39 is 24.1 Å². The molecule has 2 rings (SSSR count). The second-order valence-corrected chi connectivity index (χ2v) is 16.6. The summed E-state index contributed by atoms with van der Waals surface area (Å²) in [6, 6.07) is 0. The van der Waals surface area contributed by atoms with Crippen LogP contribution in [0.4, 0.5) is 0 Å². The zero-order valence-corrected chi connectivity index (χ0v) is 37.1. The van der Waals surface area contributed by atoms with Gasteiger partial charge >= 0.3 is 23.9 Å². The van der Waals surface area contributed by atoms with Gasteiger partial charge in [-0.25, -0.2) is 0 Å². The molecule has 0 aromatic rings. The van der Waals surface area contributed by atoms with Crippen LogP contribution in [-0.2, 0) is 38.1 Å². The average molecular weight is 817 g/mol. The summed E-state index contributed by atoms with van der Waals surface area (Å²) in [6.45, 7) is 8.89. The van der Waals surface area contributed by atoms with E-state index in [0.29, 0.717) is 13.1 Å². The topological polar surface area (TPSA) is 112 Å². The number of esters is 4. The number of hydrogen-bond acceptors (Lipinski definition) is 10. The number of allylic oxidation sites excluding steroid dienone is 4. The zero-order valence-electron chi connectivity index (χ0n) is 37.1. The van der Waals surface area contributed by atoms with E-state index in [1.165, 1.54) is 64.2 Å². The van der Waals surface area contributed by atoms with Crippen molar-refractivity contribution in [1.29, 1.82) is 0 Å². The van der Waals surface area contributed by atoms with Gasteiger partial charge in [0.2, 0.25) is 0 Å². The van der Waals surface area contributed by atoms with Gasteiger partial charge in [0, 0.05) is 25.9 Å². The van der Waals surface area contributed by atoms with Crippen molar-refractivity contribution < 1.29 is 38.1 Å². The third kappa shape index (κ3) is 28.7. The molecule has 10 nitrogen and oxygen atoms in total. The average Bonchev–Trinajstić information content (AvgIpc) is 3.17. The molecule has 0 aromatic carbocycles. The fraction of sp³-hybridized carbons (Fsp3) is 0.833. The van der Waals surface area contributed by atoms with E-state index in [2.05, 4.69) is 48.0 Å². The van der Waals surface area contributed by atoms with Crippen LogP contribution in [0.3, 0.4) is 0 Å². The Labute approximate surface area is 353 Å². The summed E-state index contributed by atoms with van der Waals surface area (Å²) in [6.07, 6.45) is 35.1. The van der Waals surface area contributed by atoms with Crippen molar-refractivity contribution in [2.75, 3.05) is 52.5 Å². The summed E-state index contributed by atoms with van der Waals surface area (Å²) in [5.74, 6) is -1.69. The van der Waals surface area contributed by atoms with Crippen molar-refractivity contribution in [2.24, 2.45) is 0 Å². The molecule has 0 aromatic heterocycles. The standard InChI is InChI=1S/C48H84N2O8/c1-3-5-7-9-11-13-15-17-19-21-23-25-27-31-45(51)55-41-43(57-47(53)33-39-49-35-29-36-49)44(58-48(54)34-40-50-37-30-38-50)42-56-46(52)32-28-26-24-22-20-18-16-14-12-10-8-6-4-2/h13-16,43-44H,3-12,17-42H2,1-2H3/b15-13-,16-14-/t43-,44+. The Kier molecular flexibility index (Phi) is 32.1. The molecule has 0 N–H and O–H groups in total. The third-order valence-electron chi connectivity index (χ3n) is 11.2.